The van der Waals surface area contributed by atoms with E-state index in [1.54, 1.807) is 18.8 Å². The molecule has 6 nitrogen and oxygen atoms in total. The minimum absolute atomic E-state index is 0.412. The molecule has 18 heavy (non-hydrogen) atoms. The van der Waals surface area contributed by atoms with Crippen LogP contribution >= 0.6 is 39.2 Å². The molecule has 9 heteroatoms. The van der Waals surface area contributed by atoms with Gasteiger partial charge in [-0.1, -0.05) is 0 Å². The lowest BCUT2D eigenvalue weighted by Gasteiger charge is -2.07. The van der Waals surface area contributed by atoms with E-state index in [-0.39, 0.29) is 0 Å². The Morgan fingerprint density at radius 3 is 3.11 bits per heavy atom. The molecule has 1 aromatic rings. The Balaban J connectivity index is 2.19. The molecule has 0 unspecified atom stereocenters. The number of nitro groups is 1. The first-order valence-electron chi connectivity index (χ1n) is 5.07. The molecule has 1 aromatic heterocycles. The molecule has 0 atom stereocenters. The van der Waals surface area contributed by atoms with Crippen LogP contribution in [0.3, 0.4) is 0 Å². The topological polar surface area (TPSA) is 80.1 Å². The second-order valence-electron chi connectivity index (χ2n) is 3.17. The normalized spacial score (nSPS) is 11.3. The molecule has 2 N–H and O–H groups in total. The quantitative estimate of drug-likeness (QED) is 0.423. The molecule has 0 aliphatic carbocycles. The lowest BCUT2D eigenvalue weighted by Crippen LogP contribution is -2.26. The Bertz CT molecular complexity index is 424. The molecule has 0 aliphatic heterocycles. The van der Waals surface area contributed by atoms with Crippen molar-refractivity contribution in [2.75, 3.05) is 19.3 Å². The highest BCUT2D eigenvalue weighted by Gasteiger charge is 2.03. The van der Waals surface area contributed by atoms with E-state index in [1.165, 1.54) is 11.5 Å². The van der Waals surface area contributed by atoms with Gasteiger partial charge in [0.25, 0.3) is 6.20 Å². The number of rotatable bonds is 8. The fourth-order valence-electron chi connectivity index (χ4n) is 1.07. The fraction of sp³-hybridized carbons (Fsp3) is 0.444. The number of thioether (sulfide) groups is 1. The highest BCUT2D eigenvalue weighted by Crippen LogP contribution is 2.21. The van der Waals surface area contributed by atoms with Crippen molar-refractivity contribution in [2.45, 2.75) is 5.75 Å². The SMILES string of the molecule is CN/C(=C/[N+](=O)[O-])NCCSCc1nscc1Br. The van der Waals surface area contributed by atoms with Gasteiger partial charge in [0.05, 0.1) is 15.1 Å². The minimum atomic E-state index is -0.488. The maximum atomic E-state index is 10.3. The average Bonchev–Trinajstić information content (AvgIpc) is 2.72. The number of nitrogens with one attached hydrogen (secondary N) is 2. The molecule has 1 rings (SSSR count). The third kappa shape index (κ3) is 5.69. The average molecular weight is 353 g/mol. The Labute approximate surface area is 122 Å². The molecule has 0 saturated carbocycles. The predicted molar refractivity (Wildman–Crippen MR) is 78.1 cm³/mol. The zero-order valence-corrected chi connectivity index (χ0v) is 12.9. The van der Waals surface area contributed by atoms with Crippen LogP contribution in [0.4, 0.5) is 0 Å². The molecule has 0 bridgehead atoms. The Hall–Kier alpha value is -0.800. The van der Waals surface area contributed by atoms with Gasteiger partial charge < -0.3 is 10.6 Å². The second kappa shape index (κ2) is 8.33. The molecule has 0 radical (unpaired) electrons. The van der Waals surface area contributed by atoms with Crippen LogP contribution in [-0.2, 0) is 5.75 Å². The number of halogens is 1. The highest BCUT2D eigenvalue weighted by molar-refractivity contribution is 9.10. The van der Waals surface area contributed by atoms with E-state index >= 15 is 0 Å². The first kappa shape index (κ1) is 15.3. The van der Waals surface area contributed by atoms with Crippen molar-refractivity contribution < 1.29 is 4.92 Å². The van der Waals surface area contributed by atoms with Crippen molar-refractivity contribution >= 4 is 39.2 Å². The van der Waals surface area contributed by atoms with E-state index in [2.05, 4.69) is 30.9 Å². The maximum Gasteiger partial charge on any atom is 0.274 e. The lowest BCUT2D eigenvalue weighted by atomic mass is 10.5. The van der Waals surface area contributed by atoms with Crippen LogP contribution in [0, 0.1) is 10.1 Å². The zero-order chi connectivity index (χ0) is 13.4. The first-order chi connectivity index (χ1) is 8.63. The van der Waals surface area contributed by atoms with Gasteiger partial charge in [0.2, 0.25) is 0 Å². The molecule has 1 heterocycles. The van der Waals surface area contributed by atoms with Gasteiger partial charge in [0, 0.05) is 30.5 Å². The monoisotopic (exact) mass is 352 g/mol. The van der Waals surface area contributed by atoms with Crippen LogP contribution < -0.4 is 10.6 Å². The maximum absolute atomic E-state index is 10.3. The number of hydrogen-bond donors (Lipinski definition) is 2. The first-order valence-corrected chi connectivity index (χ1v) is 7.85. The predicted octanol–water partition coefficient (Wildman–Crippen LogP) is 2.02. The summed E-state index contributed by atoms with van der Waals surface area (Å²) in [6.07, 6.45) is 0.918. The van der Waals surface area contributed by atoms with Crippen molar-refractivity contribution in [1.82, 2.24) is 15.0 Å². The van der Waals surface area contributed by atoms with Gasteiger partial charge in [0.15, 0.2) is 5.82 Å². The van der Waals surface area contributed by atoms with Crippen molar-refractivity contribution in [1.29, 1.82) is 0 Å². The van der Waals surface area contributed by atoms with Crippen molar-refractivity contribution in [3.05, 3.63) is 37.7 Å². The van der Waals surface area contributed by atoms with Gasteiger partial charge in [-0.05, 0) is 27.5 Å². The molecular weight excluding hydrogens is 340 g/mol. The van der Waals surface area contributed by atoms with E-state index in [9.17, 15) is 10.1 Å². The minimum Gasteiger partial charge on any atom is -0.370 e. The molecule has 100 valence electrons. The largest absolute Gasteiger partial charge is 0.370 e. The summed E-state index contributed by atoms with van der Waals surface area (Å²) >= 11 is 6.57. The van der Waals surface area contributed by atoms with Crippen LogP contribution in [0.25, 0.3) is 0 Å². The second-order valence-corrected chi connectivity index (χ2v) is 5.76. The van der Waals surface area contributed by atoms with Crippen LogP contribution in [-0.4, -0.2) is 28.6 Å². The van der Waals surface area contributed by atoms with Gasteiger partial charge in [-0.25, -0.2) is 0 Å². The lowest BCUT2D eigenvalue weighted by molar-refractivity contribution is -0.404. The smallest absolute Gasteiger partial charge is 0.274 e. The Kier molecular flexibility index (Phi) is 7.06. The third-order valence-corrected chi connectivity index (χ3v) is 4.53. The van der Waals surface area contributed by atoms with Gasteiger partial charge in [-0.2, -0.15) is 16.1 Å². The van der Waals surface area contributed by atoms with E-state index in [0.29, 0.717) is 12.4 Å². The van der Waals surface area contributed by atoms with E-state index in [1.807, 2.05) is 5.38 Å². The van der Waals surface area contributed by atoms with E-state index in [4.69, 9.17) is 0 Å². The summed E-state index contributed by atoms with van der Waals surface area (Å²) < 4.78 is 5.28. The van der Waals surface area contributed by atoms with Crippen molar-refractivity contribution in [3.8, 4) is 0 Å². The molecule has 0 fully saturated rings. The van der Waals surface area contributed by atoms with Crippen LogP contribution in [0.15, 0.2) is 21.9 Å². The Morgan fingerprint density at radius 2 is 2.56 bits per heavy atom. The zero-order valence-electron chi connectivity index (χ0n) is 9.68. The summed E-state index contributed by atoms with van der Waals surface area (Å²) in [6, 6.07) is 0. The van der Waals surface area contributed by atoms with Gasteiger partial charge >= 0.3 is 0 Å². The fourth-order valence-corrected chi connectivity index (χ4v) is 3.31. The highest BCUT2D eigenvalue weighted by atomic mass is 79.9. The van der Waals surface area contributed by atoms with Crippen molar-refractivity contribution in [3.63, 3.8) is 0 Å². The van der Waals surface area contributed by atoms with E-state index in [0.717, 1.165) is 27.9 Å². The van der Waals surface area contributed by atoms with Crippen LogP contribution in [0.1, 0.15) is 5.69 Å². The summed E-state index contributed by atoms with van der Waals surface area (Å²) in [6.45, 7) is 0.660. The summed E-state index contributed by atoms with van der Waals surface area (Å²) in [5.41, 5.74) is 1.04. The standard InChI is InChI=1S/C9H13BrN4O2S2/c1-11-9(4-14(15)16)12-2-3-17-6-8-7(10)5-18-13-8/h4-5,11-12H,2-3,6H2,1H3/b9-4-. The Morgan fingerprint density at radius 1 is 1.78 bits per heavy atom. The summed E-state index contributed by atoms with van der Waals surface area (Å²) in [4.78, 5) is 9.79. The molecule has 0 aliphatic rings. The van der Waals surface area contributed by atoms with E-state index < -0.39 is 4.92 Å². The molecule has 0 aromatic carbocycles. The third-order valence-electron chi connectivity index (χ3n) is 1.90. The van der Waals surface area contributed by atoms with Gasteiger partial charge in [-0.3, -0.25) is 10.1 Å². The molecular formula is C9H13BrN4O2S2. The number of nitrogens with zero attached hydrogens (tertiary/aromatic N) is 2. The van der Waals surface area contributed by atoms with Crippen molar-refractivity contribution in [2.24, 2.45) is 0 Å². The van der Waals surface area contributed by atoms with Crippen LogP contribution in [0.5, 0.6) is 0 Å². The molecule has 0 amide bonds. The summed E-state index contributed by atoms with van der Waals surface area (Å²) in [7, 11) is 1.64. The molecule has 0 spiro atoms. The summed E-state index contributed by atoms with van der Waals surface area (Å²) in [5.74, 6) is 2.09. The number of aromatic nitrogens is 1. The van der Waals surface area contributed by atoms with Gasteiger partial charge in [0.1, 0.15) is 0 Å². The summed E-state index contributed by atoms with van der Waals surface area (Å²) in [5, 5.41) is 17.9. The number of hydrogen-bond acceptors (Lipinski definition) is 7. The van der Waals surface area contributed by atoms with Gasteiger partial charge in [-0.15, -0.1) is 0 Å². The van der Waals surface area contributed by atoms with Crippen LogP contribution in [0.2, 0.25) is 0 Å². The molecule has 0 saturated heterocycles.